The second kappa shape index (κ2) is 8.49. The van der Waals surface area contributed by atoms with Crippen LogP contribution in [-0.2, 0) is 10.8 Å². The minimum atomic E-state index is -1.03. The maximum Gasteiger partial charge on any atom is 0.254 e. The first-order valence-corrected chi connectivity index (χ1v) is 10.5. The van der Waals surface area contributed by atoms with Gasteiger partial charge in [0, 0.05) is 34.1 Å². The van der Waals surface area contributed by atoms with Crippen LogP contribution >= 0.6 is 0 Å². The van der Waals surface area contributed by atoms with Gasteiger partial charge in [0.1, 0.15) is 5.75 Å². The van der Waals surface area contributed by atoms with Crippen LogP contribution < -0.4 is 4.74 Å². The summed E-state index contributed by atoms with van der Waals surface area (Å²) in [5.41, 5.74) is 1.80. The molecule has 0 aliphatic carbocycles. The fourth-order valence-corrected chi connectivity index (χ4v) is 4.00. The summed E-state index contributed by atoms with van der Waals surface area (Å²) in [6, 6.07) is 15.2. The summed E-state index contributed by atoms with van der Waals surface area (Å²) in [7, 11) is 0.622. The van der Waals surface area contributed by atoms with Gasteiger partial charge in [0.15, 0.2) is 0 Å². The van der Waals surface area contributed by atoms with E-state index in [1.165, 1.54) is 0 Å². The van der Waals surface area contributed by atoms with Gasteiger partial charge < -0.3 is 9.64 Å². The zero-order chi connectivity index (χ0) is 18.5. The van der Waals surface area contributed by atoms with E-state index in [0.717, 1.165) is 48.4 Å². The van der Waals surface area contributed by atoms with Gasteiger partial charge >= 0.3 is 0 Å². The highest BCUT2D eigenvalue weighted by Gasteiger charge is 2.27. The Kier molecular flexibility index (Phi) is 6.09. The third kappa shape index (κ3) is 4.15. The molecule has 1 saturated heterocycles. The molecule has 26 heavy (non-hydrogen) atoms. The second-order valence-electron chi connectivity index (χ2n) is 6.62. The number of ether oxygens (including phenoxy) is 1. The predicted molar refractivity (Wildman–Crippen MR) is 104 cm³/mol. The van der Waals surface area contributed by atoms with E-state index >= 15 is 0 Å². The molecule has 1 fully saturated rings. The molecule has 2 aromatic rings. The van der Waals surface area contributed by atoms with E-state index in [4.69, 9.17) is 4.74 Å². The molecule has 2 atom stereocenters. The number of likely N-dealkylation sites (tertiary alicyclic amines) is 1. The van der Waals surface area contributed by atoms with E-state index in [9.17, 15) is 9.00 Å². The molecule has 2 aromatic carbocycles. The molecular weight excluding hydrogens is 346 g/mol. The van der Waals surface area contributed by atoms with E-state index in [0.29, 0.717) is 5.56 Å². The summed E-state index contributed by atoms with van der Waals surface area (Å²) in [6.07, 6.45) is 5.90. The van der Waals surface area contributed by atoms with Crippen molar-refractivity contribution in [2.75, 3.05) is 19.9 Å². The number of benzene rings is 2. The van der Waals surface area contributed by atoms with Crippen molar-refractivity contribution in [2.45, 2.75) is 36.6 Å². The van der Waals surface area contributed by atoms with E-state index in [2.05, 4.69) is 12.1 Å². The Morgan fingerprint density at radius 2 is 1.73 bits per heavy atom. The van der Waals surface area contributed by atoms with Crippen LogP contribution in [0, 0.1) is 0 Å². The van der Waals surface area contributed by atoms with Crippen molar-refractivity contribution in [3.63, 3.8) is 0 Å². The van der Waals surface area contributed by atoms with Crippen LogP contribution in [0.25, 0.3) is 0 Å². The molecule has 0 aromatic heterocycles. The maximum absolute atomic E-state index is 13.2. The largest absolute Gasteiger partial charge is 0.497 e. The third-order valence-electron chi connectivity index (χ3n) is 4.95. The van der Waals surface area contributed by atoms with Crippen molar-refractivity contribution >= 4 is 16.7 Å². The van der Waals surface area contributed by atoms with Crippen LogP contribution in [0.1, 0.15) is 47.6 Å². The molecule has 5 heteroatoms. The maximum atomic E-state index is 13.2. The molecule has 0 N–H and O–H groups in total. The van der Waals surface area contributed by atoms with Gasteiger partial charge in [0.25, 0.3) is 5.91 Å². The number of amides is 1. The van der Waals surface area contributed by atoms with Crippen LogP contribution in [0.2, 0.25) is 0 Å². The Labute approximate surface area is 157 Å². The average molecular weight is 372 g/mol. The smallest absolute Gasteiger partial charge is 0.254 e. The van der Waals surface area contributed by atoms with Gasteiger partial charge in [-0.3, -0.25) is 9.00 Å². The number of hydrogen-bond donors (Lipinski definition) is 0. The summed E-state index contributed by atoms with van der Waals surface area (Å²) in [6.45, 7) is 0.761. The third-order valence-corrected chi connectivity index (χ3v) is 5.88. The van der Waals surface area contributed by atoms with Gasteiger partial charge in [-0.1, -0.05) is 25.0 Å². The molecular formula is C21H25NO3S. The molecule has 3 rings (SSSR count). The van der Waals surface area contributed by atoms with Crippen LogP contribution in [-0.4, -0.2) is 34.9 Å². The lowest BCUT2D eigenvalue weighted by molar-refractivity contribution is 0.0681. The molecule has 1 heterocycles. The first-order valence-electron chi connectivity index (χ1n) is 8.98. The highest BCUT2D eigenvalue weighted by Crippen LogP contribution is 2.32. The SMILES string of the molecule is COc1ccc([C@H]2CCCCCN2C(=O)c2ccc([S@@](C)=O)cc2)cc1. The Morgan fingerprint density at radius 3 is 2.35 bits per heavy atom. The van der Waals surface area contributed by atoms with Crippen molar-refractivity contribution in [3.05, 3.63) is 59.7 Å². The lowest BCUT2D eigenvalue weighted by atomic mass is 10.00. The number of nitrogens with zero attached hydrogens (tertiary/aromatic N) is 1. The number of hydrogen-bond acceptors (Lipinski definition) is 3. The van der Waals surface area contributed by atoms with Gasteiger partial charge in [-0.2, -0.15) is 0 Å². The number of carbonyl (C=O) groups is 1. The molecule has 1 aliphatic heterocycles. The molecule has 4 nitrogen and oxygen atoms in total. The number of methoxy groups -OCH3 is 1. The monoisotopic (exact) mass is 371 g/mol. The molecule has 0 saturated carbocycles. The summed E-state index contributed by atoms with van der Waals surface area (Å²) in [5.74, 6) is 0.865. The van der Waals surface area contributed by atoms with E-state index in [1.54, 1.807) is 37.6 Å². The Balaban J connectivity index is 1.87. The Hall–Kier alpha value is -2.14. The minimum absolute atomic E-state index is 0.0427. The summed E-state index contributed by atoms with van der Waals surface area (Å²) >= 11 is 0. The van der Waals surface area contributed by atoms with Crippen molar-refractivity contribution in [2.24, 2.45) is 0 Å². The number of carbonyl (C=O) groups excluding carboxylic acids is 1. The zero-order valence-electron chi connectivity index (χ0n) is 15.3. The van der Waals surface area contributed by atoms with Crippen molar-refractivity contribution < 1.29 is 13.7 Å². The zero-order valence-corrected chi connectivity index (χ0v) is 16.1. The van der Waals surface area contributed by atoms with Gasteiger partial charge in [-0.15, -0.1) is 0 Å². The summed E-state index contributed by atoms with van der Waals surface area (Å²) in [5, 5.41) is 0. The molecule has 0 bridgehead atoms. The van der Waals surface area contributed by atoms with E-state index < -0.39 is 10.8 Å². The predicted octanol–water partition coefficient (Wildman–Crippen LogP) is 4.19. The second-order valence-corrected chi connectivity index (χ2v) is 7.99. The summed E-state index contributed by atoms with van der Waals surface area (Å²) in [4.78, 5) is 15.9. The quantitative estimate of drug-likeness (QED) is 0.810. The summed E-state index contributed by atoms with van der Waals surface area (Å²) < 4.78 is 16.8. The molecule has 0 unspecified atom stereocenters. The normalized spacial score (nSPS) is 18.8. The first kappa shape index (κ1) is 18.6. The van der Waals surface area contributed by atoms with Crippen molar-refractivity contribution in [3.8, 4) is 5.75 Å². The molecule has 1 amide bonds. The highest BCUT2D eigenvalue weighted by molar-refractivity contribution is 7.84. The molecule has 138 valence electrons. The average Bonchev–Trinajstić information content (AvgIpc) is 2.93. The first-order chi connectivity index (χ1) is 12.6. The van der Waals surface area contributed by atoms with Gasteiger partial charge in [-0.05, 0) is 54.8 Å². The van der Waals surface area contributed by atoms with Crippen LogP contribution in [0.15, 0.2) is 53.4 Å². The van der Waals surface area contributed by atoms with Crippen molar-refractivity contribution in [1.82, 2.24) is 4.90 Å². The lowest BCUT2D eigenvalue weighted by Gasteiger charge is -2.31. The van der Waals surface area contributed by atoms with Crippen molar-refractivity contribution in [1.29, 1.82) is 0 Å². The number of rotatable bonds is 4. The molecule has 1 aliphatic rings. The van der Waals surface area contributed by atoms with Crippen LogP contribution in [0.4, 0.5) is 0 Å². The van der Waals surface area contributed by atoms with Gasteiger partial charge in [-0.25, -0.2) is 0 Å². The van der Waals surface area contributed by atoms with Crippen LogP contribution in [0.5, 0.6) is 5.75 Å². The van der Waals surface area contributed by atoms with E-state index in [1.807, 2.05) is 17.0 Å². The Morgan fingerprint density at radius 1 is 1.04 bits per heavy atom. The standard InChI is InChI=1S/C21H25NO3S/c1-25-18-11-7-16(8-12-18)20-6-4-3-5-15-22(20)21(23)17-9-13-19(14-10-17)26(2)24/h7-14,20H,3-6,15H2,1-2H3/t20-,26-/m1/s1. The Bertz CT molecular complexity index is 771. The fraction of sp³-hybridized carbons (Fsp3) is 0.381. The molecule has 0 radical (unpaired) electrons. The lowest BCUT2D eigenvalue weighted by Crippen LogP contribution is -2.34. The van der Waals surface area contributed by atoms with Crippen LogP contribution in [0.3, 0.4) is 0 Å². The van der Waals surface area contributed by atoms with E-state index in [-0.39, 0.29) is 11.9 Å². The fourth-order valence-electron chi connectivity index (χ4n) is 3.48. The highest BCUT2D eigenvalue weighted by atomic mass is 32.2. The topological polar surface area (TPSA) is 46.6 Å². The van der Waals surface area contributed by atoms with Gasteiger partial charge in [0.05, 0.1) is 13.2 Å². The minimum Gasteiger partial charge on any atom is -0.497 e. The molecule has 0 spiro atoms. The van der Waals surface area contributed by atoms with Gasteiger partial charge in [0.2, 0.25) is 0 Å².